The molecule has 22 heavy (non-hydrogen) atoms. The minimum Gasteiger partial charge on any atom is -0.453 e. The summed E-state index contributed by atoms with van der Waals surface area (Å²) in [5.41, 5.74) is 1.65. The average molecular weight is 292 g/mol. The van der Waals surface area contributed by atoms with E-state index in [1.54, 1.807) is 11.9 Å². The summed E-state index contributed by atoms with van der Waals surface area (Å²) in [6.07, 6.45) is 0. The molecule has 2 heterocycles. The van der Waals surface area contributed by atoms with Gasteiger partial charge in [0, 0.05) is 18.2 Å². The third-order valence-electron chi connectivity index (χ3n) is 4.47. The molecule has 1 spiro atoms. The highest BCUT2D eigenvalue weighted by molar-refractivity contribution is 6.10. The van der Waals surface area contributed by atoms with E-state index in [0.717, 1.165) is 16.8 Å². The summed E-state index contributed by atoms with van der Waals surface area (Å²) in [5.74, 6) is 0.474. The second-order valence-corrected chi connectivity index (χ2v) is 5.70. The number of hydrogen-bond donors (Lipinski definition) is 0. The van der Waals surface area contributed by atoms with E-state index in [1.807, 2.05) is 61.5 Å². The van der Waals surface area contributed by atoms with Crippen LogP contribution in [-0.4, -0.2) is 24.9 Å². The first kappa shape index (κ1) is 13.1. The minimum absolute atomic E-state index is 0.0594. The Kier molecular flexibility index (Phi) is 2.64. The van der Waals surface area contributed by atoms with E-state index in [1.165, 1.54) is 0 Å². The van der Waals surface area contributed by atoms with Gasteiger partial charge in [-0.25, -0.2) is 4.99 Å². The minimum atomic E-state index is -1.03. The largest absolute Gasteiger partial charge is 0.453 e. The number of hydrogen-bond acceptors (Lipinski definition) is 3. The molecule has 110 valence electrons. The zero-order valence-electron chi connectivity index (χ0n) is 12.5. The van der Waals surface area contributed by atoms with Crippen LogP contribution in [0, 0.1) is 0 Å². The number of para-hydroxylation sites is 1. The molecule has 2 atom stereocenters. The molecule has 0 saturated heterocycles. The van der Waals surface area contributed by atoms with Gasteiger partial charge in [-0.15, -0.1) is 0 Å². The number of carbonyl (C=O) groups is 1. The second kappa shape index (κ2) is 4.44. The maximum atomic E-state index is 12.9. The molecule has 0 saturated carbocycles. The molecule has 0 bridgehead atoms. The van der Waals surface area contributed by atoms with Crippen molar-refractivity contribution in [2.45, 2.75) is 18.6 Å². The van der Waals surface area contributed by atoms with Gasteiger partial charge in [0.15, 0.2) is 0 Å². The number of aliphatic imine (C=N–C) groups is 1. The molecular weight excluding hydrogens is 276 g/mol. The number of likely N-dealkylation sites (N-methyl/N-ethyl adjacent to an activating group) is 1. The van der Waals surface area contributed by atoms with E-state index < -0.39 is 5.60 Å². The van der Waals surface area contributed by atoms with Crippen LogP contribution < -0.4 is 4.90 Å². The predicted molar refractivity (Wildman–Crippen MR) is 85.1 cm³/mol. The lowest BCUT2D eigenvalue weighted by molar-refractivity contribution is -0.133. The Morgan fingerprint density at radius 2 is 1.77 bits per heavy atom. The molecule has 0 radical (unpaired) electrons. The summed E-state index contributed by atoms with van der Waals surface area (Å²) in [7, 11) is 1.78. The molecule has 4 heteroatoms. The highest BCUT2D eigenvalue weighted by Gasteiger charge is 2.59. The van der Waals surface area contributed by atoms with Crippen LogP contribution in [0.25, 0.3) is 0 Å². The van der Waals surface area contributed by atoms with Crippen molar-refractivity contribution in [3.63, 3.8) is 0 Å². The van der Waals surface area contributed by atoms with Gasteiger partial charge in [-0.3, -0.25) is 4.79 Å². The third kappa shape index (κ3) is 1.52. The first-order valence-corrected chi connectivity index (χ1v) is 7.34. The summed E-state index contributed by atoms with van der Waals surface area (Å²) in [6.45, 7) is 1.93. The molecule has 4 nitrogen and oxygen atoms in total. The normalized spacial score (nSPS) is 26.1. The molecule has 0 aromatic heterocycles. The fraction of sp³-hybridized carbons (Fsp3) is 0.222. The van der Waals surface area contributed by atoms with Crippen molar-refractivity contribution in [3.05, 3.63) is 65.7 Å². The van der Waals surface area contributed by atoms with Crippen LogP contribution in [0.3, 0.4) is 0 Å². The molecule has 4 rings (SSSR count). The van der Waals surface area contributed by atoms with E-state index in [9.17, 15) is 4.79 Å². The van der Waals surface area contributed by atoms with Gasteiger partial charge >= 0.3 is 0 Å². The Labute approximate surface area is 129 Å². The lowest BCUT2D eigenvalue weighted by Crippen LogP contribution is -2.45. The van der Waals surface area contributed by atoms with Crippen LogP contribution >= 0.6 is 0 Å². The van der Waals surface area contributed by atoms with Crippen LogP contribution in [0.4, 0.5) is 5.69 Å². The van der Waals surface area contributed by atoms with Crippen molar-refractivity contribution in [2.24, 2.45) is 4.99 Å². The predicted octanol–water partition coefficient (Wildman–Crippen LogP) is 2.72. The van der Waals surface area contributed by atoms with Crippen LogP contribution in [0.5, 0.6) is 0 Å². The molecule has 0 fully saturated rings. The first-order valence-electron chi connectivity index (χ1n) is 7.34. The molecule has 0 N–H and O–H groups in total. The summed E-state index contributed by atoms with van der Waals surface area (Å²) < 4.78 is 6.18. The van der Waals surface area contributed by atoms with Crippen molar-refractivity contribution >= 4 is 17.5 Å². The number of rotatable bonds is 1. The monoisotopic (exact) mass is 292 g/mol. The fourth-order valence-corrected chi connectivity index (χ4v) is 3.30. The zero-order valence-corrected chi connectivity index (χ0v) is 12.5. The van der Waals surface area contributed by atoms with Crippen LogP contribution in [0.2, 0.25) is 0 Å². The van der Waals surface area contributed by atoms with E-state index in [4.69, 9.17) is 4.74 Å². The lowest BCUT2D eigenvalue weighted by Gasteiger charge is -2.26. The fourth-order valence-electron chi connectivity index (χ4n) is 3.30. The standard InChI is InChI=1S/C18H16N2O2/c1-12-18(22-16(19-12)13-8-4-3-5-9-13)14-10-6-7-11-15(14)20(2)17(18)21/h3-12H,1-2H3/t12-,18+/m0/s1. The third-order valence-corrected chi connectivity index (χ3v) is 4.47. The number of benzene rings is 2. The van der Waals surface area contributed by atoms with E-state index in [2.05, 4.69) is 4.99 Å². The highest BCUT2D eigenvalue weighted by Crippen LogP contribution is 2.48. The number of carbonyl (C=O) groups excluding carboxylic acids is 1. The summed E-state index contributed by atoms with van der Waals surface area (Å²) in [6, 6.07) is 17.2. The van der Waals surface area contributed by atoms with Crippen LogP contribution in [0.1, 0.15) is 18.1 Å². The SMILES string of the molecule is C[C@@H]1N=C(c2ccccc2)O[C@]12C(=O)N(C)c1ccccc12. The molecule has 0 aliphatic carbocycles. The molecule has 2 aromatic carbocycles. The van der Waals surface area contributed by atoms with Crippen LogP contribution in [0.15, 0.2) is 59.6 Å². The van der Waals surface area contributed by atoms with E-state index >= 15 is 0 Å². The summed E-state index contributed by atoms with van der Waals surface area (Å²) >= 11 is 0. The Morgan fingerprint density at radius 1 is 1.09 bits per heavy atom. The number of ether oxygens (including phenoxy) is 1. The van der Waals surface area contributed by atoms with Gasteiger partial charge in [0.25, 0.3) is 5.91 Å². The molecule has 2 aromatic rings. The van der Waals surface area contributed by atoms with Gasteiger partial charge in [0.05, 0.1) is 5.69 Å². The van der Waals surface area contributed by atoms with Crippen molar-refractivity contribution in [1.82, 2.24) is 0 Å². The van der Waals surface area contributed by atoms with E-state index in [-0.39, 0.29) is 11.9 Å². The quantitative estimate of drug-likeness (QED) is 0.811. The first-order chi connectivity index (χ1) is 10.6. The number of fused-ring (bicyclic) bond motifs is 2. The number of amides is 1. The number of anilines is 1. The average Bonchev–Trinajstić information content (AvgIpc) is 3.02. The van der Waals surface area contributed by atoms with Crippen molar-refractivity contribution < 1.29 is 9.53 Å². The highest BCUT2D eigenvalue weighted by atomic mass is 16.5. The molecular formula is C18H16N2O2. The van der Waals surface area contributed by atoms with E-state index in [0.29, 0.717) is 5.90 Å². The second-order valence-electron chi connectivity index (χ2n) is 5.70. The van der Waals surface area contributed by atoms with Crippen molar-refractivity contribution in [1.29, 1.82) is 0 Å². The Morgan fingerprint density at radius 3 is 2.55 bits per heavy atom. The maximum absolute atomic E-state index is 12.9. The molecule has 2 aliphatic rings. The van der Waals surface area contributed by atoms with Gasteiger partial charge in [-0.1, -0.05) is 36.4 Å². The Balaban J connectivity index is 1.83. The smallest absolute Gasteiger partial charge is 0.278 e. The van der Waals surface area contributed by atoms with Crippen LogP contribution in [-0.2, 0) is 15.1 Å². The van der Waals surface area contributed by atoms with Gasteiger partial charge < -0.3 is 9.64 Å². The van der Waals surface area contributed by atoms with Crippen molar-refractivity contribution in [3.8, 4) is 0 Å². The summed E-state index contributed by atoms with van der Waals surface area (Å²) in [5, 5.41) is 0. The Bertz CT molecular complexity index is 785. The molecule has 2 aliphatic heterocycles. The number of nitrogens with zero attached hydrogens (tertiary/aromatic N) is 2. The van der Waals surface area contributed by atoms with Gasteiger partial charge in [0.2, 0.25) is 11.5 Å². The molecule has 1 amide bonds. The lowest BCUT2D eigenvalue weighted by atomic mass is 9.89. The van der Waals surface area contributed by atoms with Gasteiger partial charge in [0.1, 0.15) is 6.04 Å². The topological polar surface area (TPSA) is 41.9 Å². The Hall–Kier alpha value is -2.62. The zero-order chi connectivity index (χ0) is 15.3. The molecule has 0 unspecified atom stereocenters. The van der Waals surface area contributed by atoms with Gasteiger partial charge in [-0.05, 0) is 25.1 Å². The van der Waals surface area contributed by atoms with Gasteiger partial charge in [-0.2, -0.15) is 0 Å². The maximum Gasteiger partial charge on any atom is 0.278 e. The summed E-state index contributed by atoms with van der Waals surface area (Å²) in [4.78, 5) is 19.2. The van der Waals surface area contributed by atoms with Crippen molar-refractivity contribution in [2.75, 3.05) is 11.9 Å².